The summed E-state index contributed by atoms with van der Waals surface area (Å²) in [6, 6.07) is 10.9. The molecule has 2 heterocycles. The molecular weight excluding hydrogens is 328 g/mol. The molecule has 2 amide bonds. The van der Waals surface area contributed by atoms with Gasteiger partial charge in [-0.15, -0.1) is 0 Å². The van der Waals surface area contributed by atoms with Crippen LogP contribution in [-0.4, -0.2) is 21.2 Å². The van der Waals surface area contributed by atoms with Gasteiger partial charge in [-0.3, -0.25) is 14.0 Å². The van der Waals surface area contributed by atoms with E-state index in [0.29, 0.717) is 17.1 Å². The smallest absolute Gasteiger partial charge is 0.274 e. The Kier molecular flexibility index (Phi) is 5.02. The van der Waals surface area contributed by atoms with Crippen LogP contribution < -0.4 is 10.6 Å². The summed E-state index contributed by atoms with van der Waals surface area (Å²) in [5, 5.41) is 5.63. The molecule has 3 aromatic rings. The van der Waals surface area contributed by atoms with Gasteiger partial charge in [0.15, 0.2) is 0 Å². The molecule has 0 unspecified atom stereocenters. The van der Waals surface area contributed by atoms with Crippen LogP contribution >= 0.6 is 0 Å². The maximum absolute atomic E-state index is 12.9. The Morgan fingerprint density at radius 1 is 1.08 bits per heavy atom. The number of hydrogen-bond donors (Lipinski definition) is 2. The molecule has 3 rings (SSSR count). The van der Waals surface area contributed by atoms with Crippen LogP contribution in [-0.2, 0) is 11.2 Å². The SMILES string of the molecule is CCCc1nc2c(C)cccn2c1C(=O)Nc1ccc(NC(C)=O)cc1. The van der Waals surface area contributed by atoms with Gasteiger partial charge >= 0.3 is 0 Å². The number of anilines is 2. The largest absolute Gasteiger partial charge is 0.326 e. The highest BCUT2D eigenvalue weighted by molar-refractivity contribution is 6.04. The van der Waals surface area contributed by atoms with Crippen LogP contribution in [0.3, 0.4) is 0 Å². The molecule has 1 aromatic carbocycles. The molecule has 0 aliphatic heterocycles. The highest BCUT2D eigenvalue weighted by atomic mass is 16.2. The fourth-order valence-electron chi connectivity index (χ4n) is 2.93. The second-order valence-corrected chi connectivity index (χ2v) is 6.25. The van der Waals surface area contributed by atoms with Crippen molar-refractivity contribution in [2.75, 3.05) is 10.6 Å². The Hall–Kier alpha value is -3.15. The molecule has 0 spiro atoms. The number of carbonyl (C=O) groups is 2. The van der Waals surface area contributed by atoms with Crippen LogP contribution in [0, 0.1) is 6.92 Å². The molecule has 0 saturated heterocycles. The first-order valence-electron chi connectivity index (χ1n) is 8.65. The molecule has 0 bridgehead atoms. The van der Waals surface area contributed by atoms with Crippen molar-refractivity contribution in [1.82, 2.24) is 9.38 Å². The number of fused-ring (bicyclic) bond motifs is 1. The number of imidazole rings is 1. The zero-order chi connectivity index (χ0) is 18.7. The topological polar surface area (TPSA) is 75.5 Å². The number of benzene rings is 1. The van der Waals surface area contributed by atoms with Crippen molar-refractivity contribution in [2.24, 2.45) is 0 Å². The molecule has 6 heteroatoms. The second-order valence-electron chi connectivity index (χ2n) is 6.25. The Morgan fingerprint density at radius 3 is 2.35 bits per heavy atom. The van der Waals surface area contributed by atoms with E-state index in [-0.39, 0.29) is 11.8 Å². The average molecular weight is 350 g/mol. The summed E-state index contributed by atoms with van der Waals surface area (Å²) < 4.78 is 1.85. The molecule has 0 saturated carbocycles. The summed E-state index contributed by atoms with van der Waals surface area (Å²) in [6.07, 6.45) is 3.52. The van der Waals surface area contributed by atoms with E-state index in [2.05, 4.69) is 22.5 Å². The van der Waals surface area contributed by atoms with Gasteiger partial charge in [-0.2, -0.15) is 0 Å². The average Bonchev–Trinajstić information content (AvgIpc) is 2.96. The molecule has 0 aliphatic rings. The lowest BCUT2D eigenvalue weighted by Gasteiger charge is -2.08. The molecule has 0 atom stereocenters. The molecule has 0 radical (unpaired) electrons. The van der Waals surface area contributed by atoms with Gasteiger partial charge in [0.2, 0.25) is 5.91 Å². The van der Waals surface area contributed by atoms with Crippen molar-refractivity contribution >= 4 is 28.8 Å². The standard InChI is InChI=1S/C20H22N4O2/c1-4-6-17-18(24-12-5-7-13(2)19(24)23-17)20(26)22-16-10-8-15(9-11-16)21-14(3)25/h5,7-12H,4,6H2,1-3H3,(H,21,25)(H,22,26). The monoisotopic (exact) mass is 350 g/mol. The zero-order valence-electron chi connectivity index (χ0n) is 15.2. The molecular formula is C20H22N4O2. The summed E-state index contributed by atoms with van der Waals surface area (Å²) in [5.74, 6) is -0.328. The Labute approximate surface area is 152 Å². The van der Waals surface area contributed by atoms with Gasteiger partial charge in [-0.1, -0.05) is 19.4 Å². The van der Waals surface area contributed by atoms with Crippen molar-refractivity contribution in [3.8, 4) is 0 Å². The van der Waals surface area contributed by atoms with Crippen molar-refractivity contribution in [1.29, 1.82) is 0 Å². The fourth-order valence-corrected chi connectivity index (χ4v) is 2.93. The van der Waals surface area contributed by atoms with E-state index in [1.54, 1.807) is 24.3 Å². The van der Waals surface area contributed by atoms with E-state index in [1.807, 2.05) is 29.7 Å². The highest BCUT2D eigenvalue weighted by Gasteiger charge is 2.19. The Morgan fingerprint density at radius 2 is 1.73 bits per heavy atom. The number of aromatic nitrogens is 2. The second kappa shape index (κ2) is 7.39. The predicted molar refractivity (Wildman–Crippen MR) is 103 cm³/mol. The maximum atomic E-state index is 12.9. The lowest BCUT2D eigenvalue weighted by Crippen LogP contribution is -2.16. The number of amides is 2. The zero-order valence-corrected chi connectivity index (χ0v) is 15.2. The fraction of sp³-hybridized carbons (Fsp3) is 0.250. The van der Waals surface area contributed by atoms with Crippen LogP contribution in [0.4, 0.5) is 11.4 Å². The van der Waals surface area contributed by atoms with Gasteiger partial charge < -0.3 is 10.6 Å². The Bertz CT molecular complexity index is 958. The summed E-state index contributed by atoms with van der Waals surface area (Å²) >= 11 is 0. The van der Waals surface area contributed by atoms with Gasteiger partial charge in [0.25, 0.3) is 5.91 Å². The molecule has 2 aromatic heterocycles. The number of nitrogens with zero attached hydrogens (tertiary/aromatic N) is 2. The number of pyridine rings is 1. The van der Waals surface area contributed by atoms with Gasteiger partial charge in [-0.05, 0) is 49.2 Å². The summed E-state index contributed by atoms with van der Waals surface area (Å²) in [5.41, 5.74) is 4.55. The lowest BCUT2D eigenvalue weighted by atomic mass is 10.2. The van der Waals surface area contributed by atoms with Crippen molar-refractivity contribution in [2.45, 2.75) is 33.6 Å². The minimum atomic E-state index is -0.196. The number of rotatable bonds is 5. The van der Waals surface area contributed by atoms with Crippen molar-refractivity contribution in [3.05, 3.63) is 59.5 Å². The van der Waals surface area contributed by atoms with E-state index < -0.39 is 0 Å². The minimum absolute atomic E-state index is 0.132. The third-order valence-corrected chi connectivity index (χ3v) is 4.08. The van der Waals surface area contributed by atoms with E-state index >= 15 is 0 Å². The van der Waals surface area contributed by atoms with E-state index in [1.165, 1.54) is 6.92 Å². The van der Waals surface area contributed by atoms with Gasteiger partial charge in [0.1, 0.15) is 11.3 Å². The molecule has 6 nitrogen and oxygen atoms in total. The third-order valence-electron chi connectivity index (χ3n) is 4.08. The predicted octanol–water partition coefficient (Wildman–Crippen LogP) is 3.81. The summed E-state index contributed by atoms with van der Waals surface area (Å²) in [4.78, 5) is 28.7. The van der Waals surface area contributed by atoms with Crippen LogP contribution in [0.15, 0.2) is 42.6 Å². The number of nitrogens with one attached hydrogen (secondary N) is 2. The van der Waals surface area contributed by atoms with E-state index in [4.69, 9.17) is 0 Å². The number of hydrogen-bond acceptors (Lipinski definition) is 3. The first-order valence-corrected chi connectivity index (χ1v) is 8.65. The van der Waals surface area contributed by atoms with Crippen LogP contribution in [0.2, 0.25) is 0 Å². The molecule has 26 heavy (non-hydrogen) atoms. The van der Waals surface area contributed by atoms with Crippen LogP contribution in [0.25, 0.3) is 5.65 Å². The van der Waals surface area contributed by atoms with Crippen LogP contribution in [0.1, 0.15) is 42.0 Å². The summed E-state index contributed by atoms with van der Waals surface area (Å²) in [6.45, 7) is 5.51. The first kappa shape index (κ1) is 17.7. The molecule has 0 aliphatic carbocycles. The maximum Gasteiger partial charge on any atom is 0.274 e. The quantitative estimate of drug-likeness (QED) is 0.735. The van der Waals surface area contributed by atoms with E-state index in [0.717, 1.165) is 29.7 Å². The van der Waals surface area contributed by atoms with Gasteiger partial charge in [-0.25, -0.2) is 4.98 Å². The summed E-state index contributed by atoms with van der Waals surface area (Å²) in [7, 11) is 0. The van der Waals surface area contributed by atoms with Crippen molar-refractivity contribution in [3.63, 3.8) is 0 Å². The molecule has 2 N–H and O–H groups in total. The van der Waals surface area contributed by atoms with E-state index in [9.17, 15) is 9.59 Å². The van der Waals surface area contributed by atoms with Gasteiger partial charge in [0, 0.05) is 24.5 Å². The Balaban J connectivity index is 1.91. The third kappa shape index (κ3) is 3.59. The first-order chi connectivity index (χ1) is 12.5. The lowest BCUT2D eigenvalue weighted by molar-refractivity contribution is -0.114. The van der Waals surface area contributed by atoms with Gasteiger partial charge in [0.05, 0.1) is 5.69 Å². The van der Waals surface area contributed by atoms with Crippen molar-refractivity contribution < 1.29 is 9.59 Å². The minimum Gasteiger partial charge on any atom is -0.326 e. The number of aryl methyl sites for hydroxylation is 2. The molecule has 0 fully saturated rings. The normalized spacial score (nSPS) is 10.7. The van der Waals surface area contributed by atoms with Crippen LogP contribution in [0.5, 0.6) is 0 Å². The number of carbonyl (C=O) groups excluding carboxylic acids is 2. The molecule has 134 valence electrons. The highest BCUT2D eigenvalue weighted by Crippen LogP contribution is 2.20.